The molecule has 2 aromatic rings. The van der Waals surface area contributed by atoms with Gasteiger partial charge in [0.2, 0.25) is 15.9 Å². The second kappa shape index (κ2) is 8.62. The minimum atomic E-state index is -3.75. The van der Waals surface area contributed by atoms with Crippen LogP contribution in [0.15, 0.2) is 42.5 Å². The first-order valence-corrected chi connectivity index (χ1v) is 10.5. The predicted molar refractivity (Wildman–Crippen MR) is 109 cm³/mol. The van der Waals surface area contributed by atoms with E-state index in [1.807, 2.05) is 0 Å². The van der Waals surface area contributed by atoms with Crippen LogP contribution < -0.4 is 9.62 Å². The highest BCUT2D eigenvalue weighted by Gasteiger charge is 2.29. The molecule has 1 atom stereocenters. The largest absolute Gasteiger partial charge is 0.465 e. The van der Waals surface area contributed by atoms with Gasteiger partial charge in [0.15, 0.2) is 0 Å². The number of nitrogens with one attached hydrogen (secondary N) is 1. The van der Waals surface area contributed by atoms with E-state index in [1.165, 1.54) is 44.4 Å². The molecular weight excluding hydrogens is 404 g/mol. The van der Waals surface area contributed by atoms with Crippen molar-refractivity contribution < 1.29 is 22.7 Å². The second-order valence-electron chi connectivity index (χ2n) is 6.23. The fourth-order valence-electron chi connectivity index (χ4n) is 2.58. The smallest absolute Gasteiger partial charge is 0.337 e. The summed E-state index contributed by atoms with van der Waals surface area (Å²) < 4.78 is 30.3. The summed E-state index contributed by atoms with van der Waals surface area (Å²) >= 11 is 6.11. The predicted octanol–water partition coefficient (Wildman–Crippen LogP) is 3.23. The first kappa shape index (κ1) is 21.7. The number of ether oxygens (including phenoxy) is 1. The van der Waals surface area contributed by atoms with Crippen LogP contribution >= 0.6 is 11.6 Å². The summed E-state index contributed by atoms with van der Waals surface area (Å²) in [5.74, 6) is -1.03. The van der Waals surface area contributed by atoms with Crippen molar-refractivity contribution in [2.45, 2.75) is 19.9 Å². The Balaban J connectivity index is 2.26. The number of benzene rings is 2. The number of methoxy groups -OCH3 is 1. The monoisotopic (exact) mass is 424 g/mol. The molecule has 2 rings (SSSR count). The van der Waals surface area contributed by atoms with Crippen molar-refractivity contribution in [3.63, 3.8) is 0 Å². The van der Waals surface area contributed by atoms with Crippen LogP contribution in [0.4, 0.5) is 11.4 Å². The standard InChI is InChI=1S/C19H21ClN2O5S/c1-12-5-10-16(11-17(12)20)22(28(4,25)26)13(2)18(23)21-15-8-6-14(7-9-15)19(24)27-3/h5-11,13H,1-4H3,(H,21,23)/t13-/m1/s1. The summed E-state index contributed by atoms with van der Waals surface area (Å²) in [7, 11) is -2.48. The van der Waals surface area contributed by atoms with Gasteiger partial charge in [-0.1, -0.05) is 17.7 Å². The summed E-state index contributed by atoms with van der Waals surface area (Å²) in [6, 6.07) is 9.82. The Morgan fingerprint density at radius 3 is 2.25 bits per heavy atom. The molecule has 0 bridgehead atoms. The van der Waals surface area contributed by atoms with Crippen LogP contribution in [-0.2, 0) is 19.6 Å². The Kier molecular flexibility index (Phi) is 6.69. The van der Waals surface area contributed by atoms with Gasteiger partial charge >= 0.3 is 5.97 Å². The number of carbonyl (C=O) groups excluding carboxylic acids is 2. The minimum Gasteiger partial charge on any atom is -0.465 e. The van der Waals surface area contributed by atoms with Gasteiger partial charge < -0.3 is 10.1 Å². The maximum atomic E-state index is 12.7. The van der Waals surface area contributed by atoms with Gasteiger partial charge in [0.25, 0.3) is 0 Å². The van der Waals surface area contributed by atoms with Crippen LogP contribution in [0.3, 0.4) is 0 Å². The lowest BCUT2D eigenvalue weighted by Gasteiger charge is -2.28. The molecular formula is C19H21ClN2O5S. The Morgan fingerprint density at radius 2 is 1.75 bits per heavy atom. The zero-order valence-corrected chi connectivity index (χ0v) is 17.5. The molecule has 0 radical (unpaired) electrons. The molecule has 9 heteroatoms. The first-order chi connectivity index (χ1) is 13.0. The average molecular weight is 425 g/mol. The summed E-state index contributed by atoms with van der Waals surface area (Å²) in [4.78, 5) is 24.1. The zero-order chi connectivity index (χ0) is 21.1. The Hall–Kier alpha value is -2.58. The van der Waals surface area contributed by atoms with Gasteiger partial charge in [-0.05, 0) is 55.8 Å². The van der Waals surface area contributed by atoms with E-state index >= 15 is 0 Å². The van der Waals surface area contributed by atoms with Crippen molar-refractivity contribution in [2.24, 2.45) is 0 Å². The van der Waals surface area contributed by atoms with E-state index in [9.17, 15) is 18.0 Å². The third-order valence-electron chi connectivity index (χ3n) is 4.07. The van der Waals surface area contributed by atoms with Crippen molar-refractivity contribution in [1.82, 2.24) is 0 Å². The highest BCUT2D eigenvalue weighted by molar-refractivity contribution is 7.92. The molecule has 1 N–H and O–H groups in total. The zero-order valence-electron chi connectivity index (χ0n) is 15.9. The quantitative estimate of drug-likeness (QED) is 0.718. The van der Waals surface area contributed by atoms with Gasteiger partial charge in [0, 0.05) is 10.7 Å². The number of anilines is 2. The third-order valence-corrected chi connectivity index (χ3v) is 5.72. The molecule has 28 heavy (non-hydrogen) atoms. The molecule has 0 aromatic heterocycles. The Bertz CT molecular complexity index is 990. The van der Waals surface area contributed by atoms with Crippen molar-refractivity contribution in [3.8, 4) is 0 Å². The highest BCUT2D eigenvalue weighted by Crippen LogP contribution is 2.27. The lowest BCUT2D eigenvalue weighted by Crippen LogP contribution is -2.45. The van der Waals surface area contributed by atoms with E-state index in [2.05, 4.69) is 10.1 Å². The van der Waals surface area contributed by atoms with Crippen molar-refractivity contribution >= 4 is 44.9 Å². The van der Waals surface area contributed by atoms with Gasteiger partial charge in [-0.25, -0.2) is 13.2 Å². The van der Waals surface area contributed by atoms with Gasteiger partial charge in [-0.2, -0.15) is 0 Å². The summed E-state index contributed by atoms with van der Waals surface area (Å²) in [6.07, 6.45) is 1.02. The van der Waals surface area contributed by atoms with Gasteiger partial charge in [0.1, 0.15) is 6.04 Å². The number of halogens is 1. The number of esters is 1. The minimum absolute atomic E-state index is 0.293. The van der Waals surface area contributed by atoms with E-state index in [0.29, 0.717) is 22.0 Å². The molecule has 1 amide bonds. The molecule has 0 aliphatic rings. The number of aryl methyl sites for hydroxylation is 1. The molecule has 2 aromatic carbocycles. The number of rotatable bonds is 6. The fraction of sp³-hybridized carbons (Fsp3) is 0.263. The molecule has 0 fully saturated rings. The molecule has 0 aliphatic carbocycles. The third kappa shape index (κ3) is 5.02. The number of hydrogen-bond donors (Lipinski definition) is 1. The van der Waals surface area contributed by atoms with Crippen molar-refractivity contribution in [2.75, 3.05) is 23.0 Å². The molecule has 0 aliphatic heterocycles. The van der Waals surface area contributed by atoms with E-state index in [-0.39, 0.29) is 0 Å². The second-order valence-corrected chi connectivity index (χ2v) is 8.49. The van der Waals surface area contributed by atoms with E-state index in [0.717, 1.165) is 16.1 Å². The van der Waals surface area contributed by atoms with Crippen molar-refractivity contribution in [3.05, 3.63) is 58.6 Å². The number of nitrogens with zero attached hydrogens (tertiary/aromatic N) is 1. The number of hydrogen-bond acceptors (Lipinski definition) is 5. The van der Waals surface area contributed by atoms with E-state index in [4.69, 9.17) is 11.6 Å². The SMILES string of the molecule is COC(=O)c1ccc(NC(=O)[C@@H](C)N(c2ccc(C)c(Cl)c2)S(C)(=O)=O)cc1. The van der Waals surface area contributed by atoms with Crippen LogP contribution in [0.5, 0.6) is 0 Å². The maximum Gasteiger partial charge on any atom is 0.337 e. The normalized spacial score (nSPS) is 12.2. The maximum absolute atomic E-state index is 12.7. The number of amides is 1. The molecule has 0 unspecified atom stereocenters. The van der Waals surface area contributed by atoms with E-state index in [1.54, 1.807) is 19.1 Å². The summed E-state index contributed by atoms with van der Waals surface area (Å²) in [5, 5.41) is 3.04. The van der Waals surface area contributed by atoms with Crippen LogP contribution in [0.25, 0.3) is 0 Å². The topological polar surface area (TPSA) is 92.8 Å². The van der Waals surface area contributed by atoms with Gasteiger partial charge in [-0.3, -0.25) is 9.10 Å². The highest BCUT2D eigenvalue weighted by atomic mass is 35.5. The summed E-state index contributed by atoms with van der Waals surface area (Å²) in [5.41, 5.74) is 1.84. The van der Waals surface area contributed by atoms with Crippen molar-refractivity contribution in [1.29, 1.82) is 0 Å². The first-order valence-electron chi connectivity index (χ1n) is 8.29. The molecule has 150 valence electrons. The Morgan fingerprint density at radius 1 is 1.14 bits per heavy atom. The average Bonchev–Trinajstić information content (AvgIpc) is 2.63. The van der Waals surface area contributed by atoms with Crippen LogP contribution in [-0.4, -0.2) is 39.7 Å². The lowest BCUT2D eigenvalue weighted by molar-refractivity contribution is -0.116. The number of sulfonamides is 1. The summed E-state index contributed by atoms with van der Waals surface area (Å²) in [6.45, 7) is 3.28. The van der Waals surface area contributed by atoms with Gasteiger partial charge in [0.05, 0.1) is 24.6 Å². The van der Waals surface area contributed by atoms with E-state index < -0.39 is 27.9 Å². The van der Waals surface area contributed by atoms with Crippen LogP contribution in [0.1, 0.15) is 22.8 Å². The lowest BCUT2D eigenvalue weighted by atomic mass is 10.2. The van der Waals surface area contributed by atoms with Gasteiger partial charge in [-0.15, -0.1) is 0 Å². The molecule has 7 nitrogen and oxygen atoms in total. The van der Waals surface area contributed by atoms with Crippen LogP contribution in [0, 0.1) is 6.92 Å². The van der Waals surface area contributed by atoms with Crippen LogP contribution in [0.2, 0.25) is 5.02 Å². The number of carbonyl (C=O) groups is 2. The molecule has 0 saturated heterocycles. The molecule has 0 saturated carbocycles. The molecule has 0 spiro atoms. The Labute approximate surface area is 169 Å². The fourth-order valence-corrected chi connectivity index (χ4v) is 3.92. The molecule has 0 heterocycles.